The zero-order chi connectivity index (χ0) is 15.3. The van der Waals surface area contributed by atoms with Gasteiger partial charge in [-0.2, -0.15) is 0 Å². The first-order valence-corrected chi connectivity index (χ1v) is 8.08. The quantitative estimate of drug-likeness (QED) is 0.807. The molecule has 0 bridgehead atoms. The van der Waals surface area contributed by atoms with Gasteiger partial charge >= 0.3 is 5.97 Å². The molecule has 5 nitrogen and oxygen atoms in total. The minimum atomic E-state index is -1.03. The van der Waals surface area contributed by atoms with Crippen LogP contribution >= 0.6 is 11.8 Å². The Labute approximate surface area is 125 Å². The second kappa shape index (κ2) is 7.31. The number of carbonyl (C=O) groups excluding carboxylic acids is 1. The van der Waals surface area contributed by atoms with Gasteiger partial charge in [0.25, 0.3) is 0 Å². The molecule has 20 heavy (non-hydrogen) atoms. The molecule has 1 aliphatic rings. The maximum absolute atomic E-state index is 12.4. The third kappa shape index (κ3) is 4.66. The van der Waals surface area contributed by atoms with Crippen molar-refractivity contribution in [1.29, 1.82) is 0 Å². The van der Waals surface area contributed by atoms with Crippen LogP contribution in [-0.2, 0) is 9.59 Å². The SMILES string of the molecule is CC(SC(C)(C)[C@@H](N)C(=O)O)C(=O)N1CCCCCC1. The number of hydrogen-bond acceptors (Lipinski definition) is 4. The maximum Gasteiger partial charge on any atom is 0.321 e. The van der Waals surface area contributed by atoms with Gasteiger partial charge in [0, 0.05) is 17.8 Å². The van der Waals surface area contributed by atoms with Crippen LogP contribution in [0.5, 0.6) is 0 Å². The minimum absolute atomic E-state index is 0.0996. The second-order valence-corrected chi connectivity index (χ2v) is 7.91. The lowest BCUT2D eigenvalue weighted by Crippen LogP contribution is -2.49. The summed E-state index contributed by atoms with van der Waals surface area (Å²) in [6.07, 6.45) is 4.48. The van der Waals surface area contributed by atoms with Crippen molar-refractivity contribution < 1.29 is 14.7 Å². The van der Waals surface area contributed by atoms with E-state index in [-0.39, 0.29) is 11.2 Å². The molecule has 1 heterocycles. The van der Waals surface area contributed by atoms with Crippen LogP contribution < -0.4 is 5.73 Å². The number of likely N-dealkylation sites (tertiary alicyclic amines) is 1. The van der Waals surface area contributed by atoms with Crippen molar-refractivity contribution in [3.8, 4) is 0 Å². The molecule has 1 amide bonds. The van der Waals surface area contributed by atoms with E-state index in [2.05, 4.69) is 0 Å². The molecule has 2 atom stereocenters. The number of carbonyl (C=O) groups is 2. The van der Waals surface area contributed by atoms with Crippen LogP contribution in [0.4, 0.5) is 0 Å². The molecule has 0 saturated carbocycles. The molecule has 0 aromatic rings. The van der Waals surface area contributed by atoms with E-state index in [0.29, 0.717) is 0 Å². The largest absolute Gasteiger partial charge is 0.480 e. The van der Waals surface area contributed by atoms with Gasteiger partial charge in [0.2, 0.25) is 5.91 Å². The highest BCUT2D eigenvalue weighted by molar-refractivity contribution is 8.02. The molecule has 1 rings (SSSR count). The van der Waals surface area contributed by atoms with Crippen LogP contribution in [0.25, 0.3) is 0 Å². The Morgan fingerprint density at radius 3 is 2.15 bits per heavy atom. The second-order valence-electron chi connectivity index (χ2n) is 5.92. The molecule has 0 aliphatic carbocycles. The predicted octanol–water partition coefficient (Wildman–Crippen LogP) is 1.70. The summed E-state index contributed by atoms with van der Waals surface area (Å²) in [6, 6.07) is -0.980. The first-order valence-electron chi connectivity index (χ1n) is 7.20. The van der Waals surface area contributed by atoms with E-state index in [1.165, 1.54) is 24.6 Å². The fraction of sp³-hybridized carbons (Fsp3) is 0.857. The lowest BCUT2D eigenvalue weighted by Gasteiger charge is -2.32. The van der Waals surface area contributed by atoms with E-state index in [9.17, 15) is 9.59 Å². The van der Waals surface area contributed by atoms with Crippen molar-refractivity contribution in [3.63, 3.8) is 0 Å². The topological polar surface area (TPSA) is 83.6 Å². The first-order chi connectivity index (χ1) is 9.25. The molecule has 0 aromatic carbocycles. The number of carboxylic acid groups (broad SMARTS) is 1. The van der Waals surface area contributed by atoms with E-state index in [4.69, 9.17) is 10.8 Å². The zero-order valence-electron chi connectivity index (χ0n) is 12.6. The monoisotopic (exact) mass is 302 g/mol. The number of aliphatic carboxylic acids is 1. The van der Waals surface area contributed by atoms with Gasteiger partial charge < -0.3 is 15.7 Å². The Balaban J connectivity index is 2.62. The van der Waals surface area contributed by atoms with Crippen LogP contribution in [0.15, 0.2) is 0 Å². The number of amides is 1. The van der Waals surface area contributed by atoms with Crippen molar-refractivity contribution >= 4 is 23.6 Å². The molecular weight excluding hydrogens is 276 g/mol. The van der Waals surface area contributed by atoms with Crippen molar-refractivity contribution in [2.24, 2.45) is 5.73 Å². The number of carboxylic acids is 1. The highest BCUT2D eigenvalue weighted by Crippen LogP contribution is 2.32. The van der Waals surface area contributed by atoms with Gasteiger partial charge in [0.15, 0.2) is 0 Å². The zero-order valence-corrected chi connectivity index (χ0v) is 13.4. The average molecular weight is 302 g/mol. The van der Waals surface area contributed by atoms with Gasteiger partial charge in [-0.05, 0) is 33.6 Å². The lowest BCUT2D eigenvalue weighted by atomic mass is 10.1. The van der Waals surface area contributed by atoms with Crippen molar-refractivity contribution in [3.05, 3.63) is 0 Å². The summed E-state index contributed by atoms with van der Waals surface area (Å²) in [4.78, 5) is 25.4. The molecule has 116 valence electrons. The molecule has 0 radical (unpaired) electrons. The molecule has 1 aliphatic heterocycles. The Morgan fingerprint density at radius 1 is 1.20 bits per heavy atom. The molecule has 0 aromatic heterocycles. The summed E-state index contributed by atoms with van der Waals surface area (Å²) in [5.41, 5.74) is 5.70. The molecule has 0 spiro atoms. The van der Waals surface area contributed by atoms with Crippen LogP contribution in [-0.4, -0.2) is 51.0 Å². The lowest BCUT2D eigenvalue weighted by molar-refractivity contribution is -0.139. The summed E-state index contributed by atoms with van der Waals surface area (Å²) in [6.45, 7) is 7.03. The van der Waals surface area contributed by atoms with Gasteiger partial charge in [-0.15, -0.1) is 11.8 Å². The van der Waals surface area contributed by atoms with Gasteiger partial charge in [0.05, 0.1) is 5.25 Å². The molecule has 1 fully saturated rings. The molecule has 1 unspecified atom stereocenters. The summed E-state index contributed by atoms with van der Waals surface area (Å²) < 4.78 is -0.674. The van der Waals surface area contributed by atoms with Crippen LogP contribution in [0.1, 0.15) is 46.5 Å². The van der Waals surface area contributed by atoms with Gasteiger partial charge in [-0.1, -0.05) is 12.8 Å². The summed E-state index contributed by atoms with van der Waals surface area (Å²) in [7, 11) is 0. The third-order valence-corrected chi connectivity index (χ3v) is 5.18. The molecular formula is C14H26N2O3S. The average Bonchev–Trinajstić information content (AvgIpc) is 2.64. The van der Waals surface area contributed by atoms with E-state index in [0.717, 1.165) is 25.9 Å². The number of thioether (sulfide) groups is 1. The van der Waals surface area contributed by atoms with Gasteiger partial charge in [-0.25, -0.2) is 0 Å². The minimum Gasteiger partial charge on any atom is -0.480 e. The van der Waals surface area contributed by atoms with E-state index in [1.807, 2.05) is 11.8 Å². The van der Waals surface area contributed by atoms with Crippen molar-refractivity contribution in [1.82, 2.24) is 4.90 Å². The normalized spacial score (nSPS) is 20.1. The number of hydrogen-bond donors (Lipinski definition) is 2. The van der Waals surface area contributed by atoms with E-state index in [1.54, 1.807) is 13.8 Å². The third-order valence-electron chi connectivity index (χ3n) is 3.76. The Bertz CT molecular complexity index is 352. The van der Waals surface area contributed by atoms with Crippen LogP contribution in [0.3, 0.4) is 0 Å². The molecule has 6 heteroatoms. The van der Waals surface area contributed by atoms with Crippen LogP contribution in [0, 0.1) is 0 Å². The standard InChI is InChI=1S/C14H26N2O3S/c1-10(20-14(2,3)11(15)13(18)19)12(17)16-8-6-4-5-7-9-16/h10-11H,4-9,15H2,1-3H3,(H,18,19)/t10?,11-/m0/s1. The highest BCUT2D eigenvalue weighted by atomic mass is 32.2. The van der Waals surface area contributed by atoms with Gasteiger partial charge in [-0.3, -0.25) is 9.59 Å². The summed E-state index contributed by atoms with van der Waals surface area (Å²) >= 11 is 1.35. The Morgan fingerprint density at radius 2 is 1.70 bits per heavy atom. The van der Waals surface area contributed by atoms with Crippen molar-refractivity contribution in [2.45, 2.75) is 62.5 Å². The summed E-state index contributed by atoms with van der Waals surface area (Å²) in [5, 5.41) is 8.75. The number of nitrogens with zero attached hydrogens (tertiary/aromatic N) is 1. The maximum atomic E-state index is 12.4. The number of nitrogens with two attached hydrogens (primary N) is 1. The van der Waals surface area contributed by atoms with E-state index < -0.39 is 16.8 Å². The number of rotatable bonds is 5. The predicted molar refractivity (Wildman–Crippen MR) is 81.8 cm³/mol. The Hall–Kier alpha value is -0.750. The molecule has 1 saturated heterocycles. The fourth-order valence-corrected chi connectivity index (χ4v) is 3.83. The van der Waals surface area contributed by atoms with Crippen LogP contribution in [0.2, 0.25) is 0 Å². The first kappa shape index (κ1) is 17.3. The van der Waals surface area contributed by atoms with Gasteiger partial charge in [0.1, 0.15) is 6.04 Å². The smallest absolute Gasteiger partial charge is 0.321 e. The highest BCUT2D eigenvalue weighted by Gasteiger charge is 2.36. The summed E-state index contributed by atoms with van der Waals surface area (Å²) in [5.74, 6) is -0.931. The fourth-order valence-electron chi connectivity index (χ4n) is 2.42. The molecule has 3 N–H and O–H groups in total. The Kier molecular flexibility index (Phi) is 6.33. The van der Waals surface area contributed by atoms with Crippen molar-refractivity contribution in [2.75, 3.05) is 13.1 Å². The van der Waals surface area contributed by atoms with E-state index >= 15 is 0 Å².